The molecule has 0 radical (unpaired) electrons. The van der Waals surface area contributed by atoms with Gasteiger partial charge in [-0.05, 0) is 36.4 Å². The summed E-state index contributed by atoms with van der Waals surface area (Å²) in [4.78, 5) is 21.3. The molecule has 0 spiro atoms. The minimum absolute atomic E-state index is 0.00462. The lowest BCUT2D eigenvalue weighted by Gasteiger charge is -2.04. The number of nitrogen functional groups attached to an aromatic ring is 2. The third-order valence-corrected chi connectivity index (χ3v) is 4.30. The second-order valence-corrected chi connectivity index (χ2v) is 6.68. The Kier molecular flexibility index (Phi) is 6.06. The molecule has 2 aromatic heterocycles. The smallest absolute Gasteiger partial charge is 0.300 e. The number of rotatable bonds is 4. The number of aromatic amines is 1. The van der Waals surface area contributed by atoms with Crippen LogP contribution in [0.2, 0.25) is 0 Å². The number of hydrogen-bond acceptors (Lipinski definition) is 5. The first-order valence-electron chi connectivity index (χ1n) is 9.19. The van der Waals surface area contributed by atoms with Crippen molar-refractivity contribution in [1.82, 2.24) is 15.0 Å². The molecular weight excluding hydrogens is 394 g/mol. The summed E-state index contributed by atoms with van der Waals surface area (Å²) in [5, 5.41) is 22.4. The molecule has 4 aromatic rings. The molecule has 156 valence electrons. The monoisotopic (exact) mass is 415 g/mol. The van der Waals surface area contributed by atoms with Crippen LogP contribution in [0.25, 0.3) is 33.7 Å². The molecule has 9 heteroatoms. The lowest BCUT2D eigenvalue weighted by molar-refractivity contribution is -0.134. The molecule has 0 aliphatic carbocycles. The standard InChI is InChI=1S/C20H17N7.C2H4O2/c21-18(22)12-4-7-16-17(9-12)27-20(26-16)13-3-1-2-11(8-13)15-6-5-14(10-25-15)19(23)24;1-2(3)4/h1-10H,(H3,21,22)(H3,23,24)(H,26,27);1H3,(H,3,4). The van der Waals surface area contributed by atoms with Crippen LogP contribution in [0.15, 0.2) is 60.8 Å². The molecule has 4 rings (SSSR count). The van der Waals surface area contributed by atoms with Gasteiger partial charge in [-0.25, -0.2) is 4.98 Å². The van der Waals surface area contributed by atoms with Crippen LogP contribution in [-0.4, -0.2) is 37.7 Å². The quantitative estimate of drug-likeness (QED) is 0.220. The highest BCUT2D eigenvalue weighted by atomic mass is 16.4. The van der Waals surface area contributed by atoms with Crippen LogP contribution >= 0.6 is 0 Å². The van der Waals surface area contributed by atoms with Gasteiger partial charge in [0.05, 0.1) is 16.7 Å². The molecule has 0 atom stereocenters. The number of imidazole rings is 1. The van der Waals surface area contributed by atoms with Crippen molar-refractivity contribution >= 4 is 28.7 Å². The number of carboxylic acids is 1. The Balaban J connectivity index is 0.000000628. The summed E-state index contributed by atoms with van der Waals surface area (Å²) in [5.41, 5.74) is 16.6. The van der Waals surface area contributed by atoms with Crippen molar-refractivity contribution in [3.05, 3.63) is 71.9 Å². The van der Waals surface area contributed by atoms with Gasteiger partial charge in [-0.3, -0.25) is 20.6 Å². The molecule has 0 aliphatic rings. The van der Waals surface area contributed by atoms with Gasteiger partial charge in [-0.2, -0.15) is 0 Å². The first-order valence-corrected chi connectivity index (χ1v) is 9.19. The molecule has 8 N–H and O–H groups in total. The molecular formula is C22H21N7O2. The van der Waals surface area contributed by atoms with Gasteiger partial charge in [0.25, 0.3) is 5.97 Å². The minimum Gasteiger partial charge on any atom is -0.481 e. The number of benzene rings is 2. The molecule has 31 heavy (non-hydrogen) atoms. The fourth-order valence-corrected chi connectivity index (χ4v) is 2.86. The van der Waals surface area contributed by atoms with Gasteiger partial charge in [0, 0.05) is 35.4 Å². The van der Waals surface area contributed by atoms with Crippen LogP contribution in [0.5, 0.6) is 0 Å². The van der Waals surface area contributed by atoms with Crippen molar-refractivity contribution < 1.29 is 9.90 Å². The molecule has 0 amide bonds. The van der Waals surface area contributed by atoms with E-state index in [-0.39, 0.29) is 11.7 Å². The summed E-state index contributed by atoms with van der Waals surface area (Å²) >= 11 is 0. The number of amidine groups is 2. The molecule has 0 unspecified atom stereocenters. The zero-order valence-electron chi connectivity index (χ0n) is 16.7. The van der Waals surface area contributed by atoms with Crippen LogP contribution < -0.4 is 11.5 Å². The maximum atomic E-state index is 9.00. The van der Waals surface area contributed by atoms with Gasteiger partial charge in [0.15, 0.2) is 0 Å². The van der Waals surface area contributed by atoms with Crippen molar-refractivity contribution in [2.45, 2.75) is 6.92 Å². The van der Waals surface area contributed by atoms with Crippen molar-refractivity contribution in [2.24, 2.45) is 11.5 Å². The number of aromatic nitrogens is 3. The predicted molar refractivity (Wildman–Crippen MR) is 120 cm³/mol. The van der Waals surface area contributed by atoms with E-state index in [2.05, 4.69) is 15.0 Å². The third kappa shape index (κ3) is 5.10. The van der Waals surface area contributed by atoms with E-state index >= 15 is 0 Å². The Labute approximate surface area is 177 Å². The van der Waals surface area contributed by atoms with Crippen molar-refractivity contribution in [3.8, 4) is 22.6 Å². The van der Waals surface area contributed by atoms with Crippen LogP contribution in [0.3, 0.4) is 0 Å². The minimum atomic E-state index is -0.833. The highest BCUT2D eigenvalue weighted by molar-refractivity contribution is 5.98. The number of hydrogen-bond donors (Lipinski definition) is 6. The van der Waals surface area contributed by atoms with Gasteiger partial charge in [-0.1, -0.05) is 18.2 Å². The maximum Gasteiger partial charge on any atom is 0.300 e. The molecule has 2 heterocycles. The molecule has 2 aromatic carbocycles. The van der Waals surface area contributed by atoms with E-state index in [1.165, 1.54) is 0 Å². The summed E-state index contributed by atoms with van der Waals surface area (Å²) < 4.78 is 0. The third-order valence-electron chi connectivity index (χ3n) is 4.30. The number of nitrogens with one attached hydrogen (secondary N) is 3. The molecule has 9 nitrogen and oxygen atoms in total. The summed E-state index contributed by atoms with van der Waals surface area (Å²) in [6.07, 6.45) is 1.59. The molecule has 0 fully saturated rings. The largest absolute Gasteiger partial charge is 0.481 e. The molecule has 0 saturated carbocycles. The maximum absolute atomic E-state index is 9.00. The lowest BCUT2D eigenvalue weighted by Crippen LogP contribution is -2.11. The average Bonchev–Trinajstić information content (AvgIpc) is 3.17. The van der Waals surface area contributed by atoms with Crippen LogP contribution in [0, 0.1) is 10.8 Å². The first-order chi connectivity index (χ1) is 14.7. The fraction of sp³-hybridized carbons (Fsp3) is 0.0455. The number of carboxylic acid groups (broad SMARTS) is 1. The lowest BCUT2D eigenvalue weighted by atomic mass is 10.1. The van der Waals surface area contributed by atoms with E-state index in [1.807, 2.05) is 42.5 Å². The summed E-state index contributed by atoms with van der Waals surface area (Å²) in [7, 11) is 0. The van der Waals surface area contributed by atoms with E-state index in [4.69, 9.17) is 32.2 Å². The SMILES string of the molecule is CC(=O)O.N=C(N)c1ccc(-c2cccc(-c3nc4ccc(C(=N)N)cc4[nH]3)c2)nc1. The van der Waals surface area contributed by atoms with E-state index in [9.17, 15) is 0 Å². The number of fused-ring (bicyclic) bond motifs is 1. The highest BCUT2D eigenvalue weighted by Gasteiger charge is 2.09. The number of pyridine rings is 1. The van der Waals surface area contributed by atoms with Gasteiger partial charge in [0.1, 0.15) is 17.5 Å². The Hall–Kier alpha value is -4.53. The number of carbonyl (C=O) groups is 1. The van der Waals surface area contributed by atoms with Gasteiger partial charge < -0.3 is 21.6 Å². The van der Waals surface area contributed by atoms with E-state index in [0.29, 0.717) is 11.1 Å². The Morgan fingerprint density at radius 3 is 2.23 bits per heavy atom. The van der Waals surface area contributed by atoms with Crippen LogP contribution in [0.1, 0.15) is 18.1 Å². The molecule has 0 bridgehead atoms. The molecule has 0 saturated heterocycles. The van der Waals surface area contributed by atoms with Crippen LogP contribution in [0.4, 0.5) is 0 Å². The average molecular weight is 415 g/mol. The van der Waals surface area contributed by atoms with Crippen molar-refractivity contribution in [1.29, 1.82) is 10.8 Å². The Morgan fingerprint density at radius 1 is 0.968 bits per heavy atom. The topological polar surface area (TPSA) is 179 Å². The number of nitrogens with two attached hydrogens (primary N) is 2. The van der Waals surface area contributed by atoms with Crippen molar-refractivity contribution in [3.63, 3.8) is 0 Å². The second kappa shape index (κ2) is 8.87. The van der Waals surface area contributed by atoms with E-state index in [0.717, 1.165) is 40.6 Å². The summed E-state index contributed by atoms with van der Waals surface area (Å²) in [6, 6.07) is 16.9. The number of nitrogens with zero attached hydrogens (tertiary/aromatic N) is 2. The fourth-order valence-electron chi connectivity index (χ4n) is 2.86. The van der Waals surface area contributed by atoms with Crippen LogP contribution in [-0.2, 0) is 4.79 Å². The zero-order valence-corrected chi connectivity index (χ0v) is 16.7. The number of H-pyrrole nitrogens is 1. The summed E-state index contributed by atoms with van der Waals surface area (Å²) in [6.45, 7) is 1.08. The normalized spacial score (nSPS) is 10.2. The first kappa shape index (κ1) is 21.2. The zero-order chi connectivity index (χ0) is 22.5. The Bertz CT molecular complexity index is 1270. The van der Waals surface area contributed by atoms with Gasteiger partial charge in [-0.15, -0.1) is 0 Å². The van der Waals surface area contributed by atoms with Crippen molar-refractivity contribution in [2.75, 3.05) is 0 Å². The number of aliphatic carboxylic acids is 1. The molecule has 0 aliphatic heterocycles. The highest BCUT2D eigenvalue weighted by Crippen LogP contribution is 2.26. The second-order valence-electron chi connectivity index (χ2n) is 6.68. The van der Waals surface area contributed by atoms with Gasteiger partial charge in [0.2, 0.25) is 0 Å². The van der Waals surface area contributed by atoms with E-state index in [1.54, 1.807) is 18.3 Å². The summed E-state index contributed by atoms with van der Waals surface area (Å²) in [5.74, 6) is -0.0851. The van der Waals surface area contributed by atoms with E-state index < -0.39 is 5.97 Å². The predicted octanol–water partition coefficient (Wildman–Crippen LogP) is 2.95. The Morgan fingerprint density at radius 2 is 1.61 bits per heavy atom. The van der Waals surface area contributed by atoms with Gasteiger partial charge >= 0.3 is 0 Å².